The molecule has 3 aromatic rings. The van der Waals surface area contributed by atoms with Gasteiger partial charge in [0.2, 0.25) is 5.89 Å². The van der Waals surface area contributed by atoms with Gasteiger partial charge in [-0.15, -0.1) is 22.0 Å². The van der Waals surface area contributed by atoms with Gasteiger partial charge in [0.25, 0.3) is 10.8 Å². The van der Waals surface area contributed by atoms with Crippen LogP contribution in [0.5, 0.6) is 0 Å². The lowest BCUT2D eigenvalue weighted by Gasteiger charge is -2.15. The molecule has 0 saturated heterocycles. The van der Waals surface area contributed by atoms with Gasteiger partial charge in [-0.2, -0.15) is 0 Å². The zero-order chi connectivity index (χ0) is 20.0. The van der Waals surface area contributed by atoms with E-state index in [0.29, 0.717) is 28.5 Å². The van der Waals surface area contributed by atoms with Crippen molar-refractivity contribution in [2.45, 2.75) is 40.8 Å². The highest BCUT2D eigenvalue weighted by Crippen LogP contribution is 2.49. The van der Waals surface area contributed by atoms with Gasteiger partial charge in [0.1, 0.15) is 6.04 Å². The molecular formula is C19H16N4O4S2. The van der Waals surface area contributed by atoms with Gasteiger partial charge in [0.05, 0.1) is 5.03 Å². The molecule has 1 unspecified atom stereocenters. The number of fused-ring (bicyclic) bond motifs is 1. The standard InChI is InChI=1S/C19H16N4O4S2/c24-14-7-12(8-29-19-22-21-16(27-19)11-3-5-20-6-4-11)15(10-1-2-10)17-23(14)13(9-28-17)18(25)26/h3-7,10,13H,1-2,8-9H2,(H,25,26). The highest BCUT2D eigenvalue weighted by atomic mass is 32.2. The van der Waals surface area contributed by atoms with Crippen LogP contribution in [0.3, 0.4) is 0 Å². The SMILES string of the molecule is O=C(O)C1CSc2c(C3CC3)c(CSc3nnc(-c4ccncc4)o3)cc(=O)n21. The van der Waals surface area contributed by atoms with E-state index in [4.69, 9.17) is 4.42 Å². The summed E-state index contributed by atoms with van der Waals surface area (Å²) in [6.07, 6.45) is 5.45. The first kappa shape index (κ1) is 18.4. The Kier molecular flexibility index (Phi) is 4.67. The molecule has 8 nitrogen and oxygen atoms in total. The Labute approximate surface area is 173 Å². The Morgan fingerprint density at radius 3 is 2.83 bits per heavy atom. The van der Waals surface area contributed by atoms with E-state index in [1.54, 1.807) is 30.6 Å². The van der Waals surface area contributed by atoms with Crippen LogP contribution in [0.15, 0.2) is 50.1 Å². The second-order valence-electron chi connectivity index (χ2n) is 6.93. The predicted molar refractivity (Wildman–Crippen MR) is 107 cm³/mol. The smallest absolute Gasteiger partial charge is 0.327 e. The highest BCUT2D eigenvalue weighted by Gasteiger charge is 2.37. The van der Waals surface area contributed by atoms with E-state index in [2.05, 4.69) is 15.2 Å². The van der Waals surface area contributed by atoms with Gasteiger partial charge in [0, 0.05) is 35.5 Å². The van der Waals surface area contributed by atoms with Crippen LogP contribution in [0.2, 0.25) is 0 Å². The van der Waals surface area contributed by atoms with Crippen molar-refractivity contribution in [2.75, 3.05) is 5.75 Å². The maximum absolute atomic E-state index is 12.7. The van der Waals surface area contributed by atoms with Crippen molar-refractivity contribution < 1.29 is 14.3 Å². The lowest BCUT2D eigenvalue weighted by atomic mass is 10.1. The first-order chi connectivity index (χ1) is 14.1. The van der Waals surface area contributed by atoms with Crippen LogP contribution in [-0.4, -0.2) is 36.6 Å². The molecule has 29 heavy (non-hydrogen) atoms. The molecule has 10 heteroatoms. The Morgan fingerprint density at radius 2 is 2.10 bits per heavy atom. The highest BCUT2D eigenvalue weighted by molar-refractivity contribution is 7.99. The molecule has 1 N–H and O–H groups in total. The van der Waals surface area contributed by atoms with E-state index in [-0.39, 0.29) is 5.56 Å². The van der Waals surface area contributed by atoms with Gasteiger partial charge in [-0.05, 0) is 42.0 Å². The molecule has 1 saturated carbocycles. The molecule has 0 bridgehead atoms. The number of aliphatic carboxylic acids is 1. The predicted octanol–water partition coefficient (Wildman–Crippen LogP) is 3.19. The van der Waals surface area contributed by atoms with Crippen molar-refractivity contribution >= 4 is 29.5 Å². The Balaban J connectivity index is 1.43. The molecule has 0 aromatic carbocycles. The monoisotopic (exact) mass is 428 g/mol. The number of hydrogen-bond donors (Lipinski definition) is 1. The summed E-state index contributed by atoms with van der Waals surface area (Å²) in [6, 6.07) is 4.38. The Hall–Kier alpha value is -2.59. The number of thioether (sulfide) groups is 2. The first-order valence-electron chi connectivity index (χ1n) is 9.12. The molecule has 5 rings (SSSR count). The maximum Gasteiger partial charge on any atom is 0.327 e. The fourth-order valence-corrected chi connectivity index (χ4v) is 5.64. The number of carboxylic acid groups (broad SMARTS) is 1. The Morgan fingerprint density at radius 1 is 1.31 bits per heavy atom. The van der Waals surface area contributed by atoms with Crippen LogP contribution in [0, 0.1) is 0 Å². The van der Waals surface area contributed by atoms with E-state index in [1.165, 1.54) is 28.1 Å². The summed E-state index contributed by atoms with van der Waals surface area (Å²) in [5.74, 6) is 0.760. The molecule has 0 amide bonds. The molecule has 1 aliphatic heterocycles. The average Bonchev–Trinajstić information content (AvgIpc) is 3.26. The molecule has 4 heterocycles. The molecule has 0 radical (unpaired) electrons. The number of aromatic nitrogens is 4. The molecule has 0 spiro atoms. The van der Waals surface area contributed by atoms with Gasteiger partial charge in [-0.1, -0.05) is 11.8 Å². The van der Waals surface area contributed by atoms with Crippen LogP contribution in [0.1, 0.15) is 35.9 Å². The summed E-state index contributed by atoms with van der Waals surface area (Å²) in [7, 11) is 0. The number of carboxylic acids is 1. The van der Waals surface area contributed by atoms with Crippen LogP contribution < -0.4 is 5.56 Å². The zero-order valence-corrected chi connectivity index (χ0v) is 16.8. The van der Waals surface area contributed by atoms with Gasteiger partial charge >= 0.3 is 5.97 Å². The van der Waals surface area contributed by atoms with Crippen LogP contribution >= 0.6 is 23.5 Å². The Bertz CT molecular complexity index is 1140. The van der Waals surface area contributed by atoms with E-state index >= 15 is 0 Å². The van der Waals surface area contributed by atoms with Crippen molar-refractivity contribution in [1.82, 2.24) is 19.7 Å². The second kappa shape index (κ2) is 7.34. The van der Waals surface area contributed by atoms with E-state index < -0.39 is 12.0 Å². The molecule has 1 fully saturated rings. The van der Waals surface area contributed by atoms with E-state index in [9.17, 15) is 14.7 Å². The van der Waals surface area contributed by atoms with Crippen molar-refractivity contribution in [3.05, 3.63) is 52.1 Å². The molecule has 1 atom stereocenters. The lowest BCUT2D eigenvalue weighted by molar-refractivity contribution is -0.140. The van der Waals surface area contributed by atoms with Crippen molar-refractivity contribution in [3.63, 3.8) is 0 Å². The maximum atomic E-state index is 12.7. The van der Waals surface area contributed by atoms with Crippen molar-refractivity contribution in [2.24, 2.45) is 0 Å². The quantitative estimate of drug-likeness (QED) is 0.592. The number of nitrogens with zero attached hydrogens (tertiary/aromatic N) is 4. The summed E-state index contributed by atoms with van der Waals surface area (Å²) < 4.78 is 7.17. The summed E-state index contributed by atoms with van der Waals surface area (Å²) in [4.78, 5) is 28.2. The third-order valence-corrected chi connectivity index (χ3v) is 7.02. The van der Waals surface area contributed by atoms with Crippen molar-refractivity contribution in [1.29, 1.82) is 0 Å². The molecule has 148 valence electrons. The van der Waals surface area contributed by atoms with Gasteiger partial charge in [0.15, 0.2) is 0 Å². The third kappa shape index (κ3) is 3.46. The topological polar surface area (TPSA) is 111 Å². The number of rotatable bonds is 6. The van der Waals surface area contributed by atoms with Crippen molar-refractivity contribution in [3.8, 4) is 11.5 Å². The zero-order valence-electron chi connectivity index (χ0n) is 15.1. The van der Waals surface area contributed by atoms with Crippen LogP contribution in [0.4, 0.5) is 0 Å². The number of pyridine rings is 2. The molecular weight excluding hydrogens is 412 g/mol. The van der Waals surface area contributed by atoms with Gasteiger partial charge < -0.3 is 9.52 Å². The summed E-state index contributed by atoms with van der Waals surface area (Å²) >= 11 is 2.85. The molecule has 3 aromatic heterocycles. The molecule has 1 aliphatic carbocycles. The minimum Gasteiger partial charge on any atom is -0.480 e. The minimum absolute atomic E-state index is 0.264. The lowest BCUT2D eigenvalue weighted by Crippen LogP contribution is -2.29. The number of carbonyl (C=O) groups is 1. The van der Waals surface area contributed by atoms with E-state index in [1.807, 2.05) is 0 Å². The van der Waals surface area contributed by atoms with E-state index in [0.717, 1.165) is 34.6 Å². The third-order valence-electron chi connectivity index (χ3n) is 4.98. The van der Waals surface area contributed by atoms with Crippen LogP contribution in [0.25, 0.3) is 11.5 Å². The second-order valence-corrected chi connectivity index (χ2v) is 8.87. The number of hydrogen-bond acceptors (Lipinski definition) is 8. The summed E-state index contributed by atoms with van der Waals surface area (Å²) in [6.45, 7) is 0. The first-order valence-corrected chi connectivity index (χ1v) is 11.1. The average molecular weight is 428 g/mol. The minimum atomic E-state index is -0.961. The summed E-state index contributed by atoms with van der Waals surface area (Å²) in [5, 5.41) is 18.8. The van der Waals surface area contributed by atoms with Gasteiger partial charge in [-0.3, -0.25) is 14.3 Å². The summed E-state index contributed by atoms with van der Waals surface area (Å²) in [5.41, 5.74) is 2.57. The van der Waals surface area contributed by atoms with Crippen LogP contribution in [-0.2, 0) is 10.5 Å². The largest absolute Gasteiger partial charge is 0.480 e. The van der Waals surface area contributed by atoms with Gasteiger partial charge in [-0.25, -0.2) is 4.79 Å². The normalized spacial score (nSPS) is 18.0. The fourth-order valence-electron chi connectivity index (χ4n) is 3.47. The molecule has 2 aliphatic rings. The fraction of sp³-hybridized carbons (Fsp3) is 0.316.